The van der Waals surface area contributed by atoms with E-state index in [0.29, 0.717) is 12.8 Å². The van der Waals surface area contributed by atoms with E-state index >= 15 is 0 Å². The van der Waals surface area contributed by atoms with E-state index in [-0.39, 0.29) is 26.1 Å². The molecule has 0 bridgehead atoms. The summed E-state index contributed by atoms with van der Waals surface area (Å²) in [4.78, 5) is 25.5. The molecule has 0 radical (unpaired) electrons. The maximum atomic E-state index is 12.9. The largest absolute Gasteiger partial charge is 0.462 e. The minimum Gasteiger partial charge on any atom is -0.462 e. The summed E-state index contributed by atoms with van der Waals surface area (Å²) < 4.78 is 33.4. The van der Waals surface area contributed by atoms with Gasteiger partial charge in [-0.25, -0.2) is 0 Å². The van der Waals surface area contributed by atoms with Crippen molar-refractivity contribution in [2.45, 2.75) is 229 Å². The van der Waals surface area contributed by atoms with Crippen LogP contribution in [-0.2, 0) is 38.0 Å². The van der Waals surface area contributed by atoms with Crippen molar-refractivity contribution in [2.24, 2.45) is 0 Å². The SMILES string of the molecule is CC/C=C\C/C=C\C/C=C\C/C=C\CCCCCCCCCCCCC(=O)OC(COC(=O)CCCCCCCC)COC1OC(COC2OC(CO)C(O)C(O)C2O)C(O)C(O)C1O. The Morgan fingerprint density at radius 1 is 0.508 bits per heavy atom. The lowest BCUT2D eigenvalue weighted by molar-refractivity contribution is -0.332. The maximum Gasteiger partial charge on any atom is 0.306 e. The van der Waals surface area contributed by atoms with Crippen LogP contribution in [0, 0.1) is 0 Å². The molecule has 0 amide bonds. The molecule has 0 aliphatic carbocycles. The minimum atomic E-state index is -1.76. The third-order valence-electron chi connectivity index (χ3n) is 11.6. The summed E-state index contributed by atoms with van der Waals surface area (Å²) in [6, 6.07) is 0. The zero-order valence-electron chi connectivity index (χ0n) is 39.5. The van der Waals surface area contributed by atoms with Gasteiger partial charge >= 0.3 is 11.9 Å². The Morgan fingerprint density at radius 3 is 1.52 bits per heavy atom. The average Bonchev–Trinajstić information content (AvgIpc) is 3.30. The lowest BCUT2D eigenvalue weighted by Crippen LogP contribution is -2.61. The second kappa shape index (κ2) is 37.4. The van der Waals surface area contributed by atoms with Crippen LogP contribution in [-0.4, -0.2) is 142 Å². The highest BCUT2D eigenvalue weighted by atomic mass is 16.7. The molecule has 0 spiro atoms. The highest BCUT2D eigenvalue weighted by molar-refractivity contribution is 5.70. The lowest BCUT2D eigenvalue weighted by Gasteiger charge is -2.42. The molecule has 2 heterocycles. The zero-order chi connectivity index (χ0) is 47.5. The number of aliphatic hydroxyl groups is 7. The Balaban J connectivity index is 1.73. The van der Waals surface area contributed by atoms with E-state index in [1.54, 1.807) is 0 Å². The van der Waals surface area contributed by atoms with Gasteiger partial charge in [-0.2, -0.15) is 0 Å². The number of allylic oxidation sites excluding steroid dienone is 8. The summed E-state index contributed by atoms with van der Waals surface area (Å²) in [5, 5.41) is 71.8. The third kappa shape index (κ3) is 26.0. The Labute approximate surface area is 388 Å². The predicted molar refractivity (Wildman–Crippen MR) is 247 cm³/mol. The van der Waals surface area contributed by atoms with Crippen LogP contribution in [0.4, 0.5) is 0 Å². The van der Waals surface area contributed by atoms with E-state index in [1.807, 2.05) is 0 Å². The molecule has 0 aromatic rings. The molecule has 0 aromatic heterocycles. The van der Waals surface area contributed by atoms with Crippen molar-refractivity contribution in [1.82, 2.24) is 0 Å². The minimum absolute atomic E-state index is 0.159. The molecule has 2 rings (SSSR count). The summed E-state index contributed by atoms with van der Waals surface area (Å²) in [7, 11) is 0. The van der Waals surface area contributed by atoms with Crippen LogP contribution < -0.4 is 0 Å². The monoisotopic (exact) mass is 927 g/mol. The fraction of sp³-hybridized carbons (Fsp3) is 0.800. The Hall–Kier alpha value is -2.54. The first kappa shape index (κ1) is 58.6. The number of hydrogen-bond donors (Lipinski definition) is 7. The third-order valence-corrected chi connectivity index (χ3v) is 11.6. The molecular weight excluding hydrogens is 841 g/mol. The lowest BCUT2D eigenvalue weighted by atomic mass is 9.98. The van der Waals surface area contributed by atoms with Gasteiger partial charge in [-0.3, -0.25) is 9.59 Å². The number of aliphatic hydroxyl groups excluding tert-OH is 7. The second-order valence-corrected chi connectivity index (χ2v) is 17.3. The quantitative estimate of drug-likeness (QED) is 0.0205. The van der Waals surface area contributed by atoms with Crippen molar-refractivity contribution in [2.75, 3.05) is 26.4 Å². The Morgan fingerprint density at radius 2 is 0.969 bits per heavy atom. The van der Waals surface area contributed by atoms with E-state index in [9.17, 15) is 45.3 Å². The summed E-state index contributed by atoms with van der Waals surface area (Å²) in [5.41, 5.74) is 0. The topological polar surface area (TPSA) is 231 Å². The van der Waals surface area contributed by atoms with Gasteiger partial charge in [0.15, 0.2) is 18.7 Å². The van der Waals surface area contributed by atoms with E-state index in [2.05, 4.69) is 62.5 Å². The van der Waals surface area contributed by atoms with E-state index in [0.717, 1.165) is 89.9 Å². The molecule has 376 valence electrons. The van der Waals surface area contributed by atoms with Gasteiger partial charge < -0.3 is 64.2 Å². The number of rotatable bonds is 37. The van der Waals surface area contributed by atoms with Crippen LogP contribution in [0.5, 0.6) is 0 Å². The van der Waals surface area contributed by atoms with E-state index < -0.39 is 92.7 Å². The van der Waals surface area contributed by atoms with Crippen LogP contribution in [0.2, 0.25) is 0 Å². The molecule has 15 heteroatoms. The zero-order valence-corrected chi connectivity index (χ0v) is 39.5. The Kier molecular flexibility index (Phi) is 33.7. The van der Waals surface area contributed by atoms with Gasteiger partial charge in [-0.05, 0) is 51.4 Å². The van der Waals surface area contributed by atoms with E-state index in [4.69, 9.17) is 28.4 Å². The van der Waals surface area contributed by atoms with Crippen molar-refractivity contribution in [3.63, 3.8) is 0 Å². The van der Waals surface area contributed by atoms with Gasteiger partial charge in [0.25, 0.3) is 0 Å². The van der Waals surface area contributed by atoms with Crippen molar-refractivity contribution >= 4 is 11.9 Å². The van der Waals surface area contributed by atoms with Crippen LogP contribution in [0.1, 0.15) is 162 Å². The van der Waals surface area contributed by atoms with E-state index in [1.165, 1.54) is 32.1 Å². The highest BCUT2D eigenvalue weighted by Crippen LogP contribution is 2.26. The molecule has 11 atom stereocenters. The molecule has 0 aromatic carbocycles. The Bertz CT molecular complexity index is 1320. The number of hydrogen-bond acceptors (Lipinski definition) is 15. The van der Waals surface area contributed by atoms with Crippen molar-refractivity contribution in [1.29, 1.82) is 0 Å². The first-order valence-electron chi connectivity index (χ1n) is 24.7. The summed E-state index contributed by atoms with van der Waals surface area (Å²) in [5.74, 6) is -0.941. The van der Waals surface area contributed by atoms with Crippen LogP contribution in [0.25, 0.3) is 0 Å². The number of carbonyl (C=O) groups is 2. The fourth-order valence-electron chi connectivity index (χ4n) is 7.50. The predicted octanol–water partition coefficient (Wildman–Crippen LogP) is 6.32. The standard InChI is InChI=1S/C50H86O15/c1-3-5-7-9-11-12-13-14-15-16-17-18-19-20-21-22-23-24-25-26-27-29-31-33-42(53)63-38(35-60-41(52)32-30-28-10-8-6-4-2)36-61-49-48(59)46(57)44(55)40(65-49)37-62-50-47(58)45(56)43(54)39(34-51)64-50/h5,7,11-12,14-15,17-18,38-40,43-51,54-59H,3-4,6,8-10,13,16,19-37H2,1-2H3/b7-5-,12-11-,15-14-,18-17-. The van der Waals surface area contributed by atoms with Gasteiger partial charge in [0, 0.05) is 12.8 Å². The highest BCUT2D eigenvalue weighted by Gasteiger charge is 2.47. The van der Waals surface area contributed by atoms with Crippen LogP contribution in [0.3, 0.4) is 0 Å². The molecule has 11 unspecified atom stereocenters. The number of unbranched alkanes of at least 4 members (excludes halogenated alkanes) is 15. The average molecular weight is 927 g/mol. The summed E-state index contributed by atoms with van der Waals surface area (Å²) in [6.45, 7) is 2.39. The van der Waals surface area contributed by atoms with Gasteiger partial charge in [0.1, 0.15) is 55.4 Å². The number of carbonyl (C=O) groups excluding carboxylic acids is 2. The maximum absolute atomic E-state index is 12.9. The molecule has 2 aliphatic rings. The molecule has 2 fully saturated rings. The molecule has 7 N–H and O–H groups in total. The van der Waals surface area contributed by atoms with Gasteiger partial charge in [0.05, 0.1) is 19.8 Å². The first-order chi connectivity index (χ1) is 31.5. The second-order valence-electron chi connectivity index (χ2n) is 17.3. The first-order valence-corrected chi connectivity index (χ1v) is 24.7. The van der Waals surface area contributed by atoms with Gasteiger partial charge in [0.2, 0.25) is 0 Å². The summed E-state index contributed by atoms with van der Waals surface area (Å²) >= 11 is 0. The number of esters is 2. The molecule has 2 saturated heterocycles. The molecule has 2 aliphatic heterocycles. The molecule has 0 saturated carbocycles. The normalized spacial score (nSPS) is 26.8. The van der Waals surface area contributed by atoms with Crippen molar-refractivity contribution in [3.05, 3.63) is 48.6 Å². The van der Waals surface area contributed by atoms with Gasteiger partial charge in [-0.1, -0.05) is 146 Å². The smallest absolute Gasteiger partial charge is 0.306 e. The number of ether oxygens (including phenoxy) is 6. The van der Waals surface area contributed by atoms with Gasteiger partial charge in [-0.15, -0.1) is 0 Å². The van der Waals surface area contributed by atoms with Crippen molar-refractivity contribution < 1.29 is 73.8 Å². The summed E-state index contributed by atoms with van der Waals surface area (Å²) in [6.07, 6.45) is 23.3. The van der Waals surface area contributed by atoms with Crippen molar-refractivity contribution in [3.8, 4) is 0 Å². The molecule has 15 nitrogen and oxygen atoms in total. The fourth-order valence-corrected chi connectivity index (χ4v) is 7.50. The van der Waals surface area contributed by atoms with Crippen LogP contribution >= 0.6 is 0 Å². The van der Waals surface area contributed by atoms with Crippen LogP contribution in [0.15, 0.2) is 48.6 Å². The molecule has 65 heavy (non-hydrogen) atoms. The molecular formula is C50H86O15.